The van der Waals surface area contributed by atoms with Crippen LogP contribution < -0.4 is 0 Å². The largest absolute Gasteiger partial charge is 0.293 e. The fourth-order valence-corrected chi connectivity index (χ4v) is 5.28. The molecule has 0 spiro atoms. The van der Waals surface area contributed by atoms with Crippen molar-refractivity contribution in [3.63, 3.8) is 0 Å². The number of thiophene rings is 1. The van der Waals surface area contributed by atoms with Crippen molar-refractivity contribution in [2.45, 2.75) is 44.8 Å². The summed E-state index contributed by atoms with van der Waals surface area (Å²) in [5, 5.41) is -0.290. The van der Waals surface area contributed by atoms with Gasteiger partial charge in [-0.1, -0.05) is 12.8 Å². The molecule has 5 heteroatoms. The first-order valence-corrected chi connectivity index (χ1v) is 8.75. The first-order chi connectivity index (χ1) is 8.40. The van der Waals surface area contributed by atoms with Gasteiger partial charge in [-0.25, -0.2) is 8.42 Å². The van der Waals surface area contributed by atoms with E-state index in [1.807, 2.05) is 13.8 Å². The molecule has 1 aromatic heterocycles. The first kappa shape index (κ1) is 13.7. The minimum Gasteiger partial charge on any atom is -0.293 e. The highest BCUT2D eigenvalue weighted by Crippen LogP contribution is 2.27. The van der Waals surface area contributed by atoms with Gasteiger partial charge in [-0.2, -0.15) is 0 Å². The molecule has 100 valence electrons. The van der Waals surface area contributed by atoms with E-state index in [1.165, 1.54) is 0 Å². The van der Waals surface area contributed by atoms with Crippen molar-refractivity contribution in [2.75, 3.05) is 5.75 Å². The molecule has 0 saturated heterocycles. The number of hydrogen-bond donors (Lipinski definition) is 0. The minimum atomic E-state index is -3.26. The Balaban J connectivity index is 2.14. The van der Waals surface area contributed by atoms with E-state index >= 15 is 0 Å². The van der Waals surface area contributed by atoms with E-state index in [0.29, 0.717) is 5.56 Å². The number of ketones is 1. The van der Waals surface area contributed by atoms with Crippen molar-refractivity contribution in [3.05, 3.63) is 21.4 Å². The molecule has 0 amide bonds. The molecular weight excluding hydrogens is 268 g/mol. The number of Topliss-reactive ketones (excluding diaryl/α,β-unsaturated/α-hetero) is 1. The summed E-state index contributed by atoms with van der Waals surface area (Å²) in [6.07, 6.45) is 3.37. The monoisotopic (exact) mass is 286 g/mol. The number of carbonyl (C=O) groups is 1. The standard InChI is InChI=1S/C13H18O3S2/c1-9-7-12(10(2)17-9)13(14)8-18(15,16)11-5-3-4-6-11/h7,11H,3-6,8H2,1-2H3. The maximum Gasteiger partial charge on any atom is 0.178 e. The Morgan fingerprint density at radius 1 is 1.33 bits per heavy atom. The summed E-state index contributed by atoms with van der Waals surface area (Å²) < 4.78 is 24.2. The second-order valence-electron chi connectivity index (χ2n) is 4.96. The van der Waals surface area contributed by atoms with Gasteiger partial charge in [-0.15, -0.1) is 11.3 Å². The maximum atomic E-state index is 12.1. The summed E-state index contributed by atoms with van der Waals surface area (Å²) in [7, 11) is -3.26. The van der Waals surface area contributed by atoms with Gasteiger partial charge >= 0.3 is 0 Å². The average molecular weight is 286 g/mol. The molecule has 0 bridgehead atoms. The first-order valence-electron chi connectivity index (χ1n) is 6.22. The Bertz CT molecular complexity index is 549. The lowest BCUT2D eigenvalue weighted by molar-refractivity contribution is 0.102. The molecule has 0 aliphatic heterocycles. The van der Waals surface area contributed by atoms with Crippen molar-refractivity contribution >= 4 is 27.0 Å². The molecule has 1 heterocycles. The van der Waals surface area contributed by atoms with E-state index in [0.717, 1.165) is 35.4 Å². The van der Waals surface area contributed by atoms with Gasteiger partial charge in [0.1, 0.15) is 5.75 Å². The molecule has 0 unspecified atom stereocenters. The third kappa shape index (κ3) is 2.83. The number of aryl methyl sites for hydroxylation is 2. The molecule has 0 atom stereocenters. The van der Waals surface area contributed by atoms with Crippen molar-refractivity contribution < 1.29 is 13.2 Å². The van der Waals surface area contributed by atoms with Crippen LogP contribution in [0.5, 0.6) is 0 Å². The van der Waals surface area contributed by atoms with Crippen molar-refractivity contribution in [2.24, 2.45) is 0 Å². The molecular formula is C13H18O3S2. The molecule has 18 heavy (non-hydrogen) atoms. The van der Waals surface area contributed by atoms with Gasteiger partial charge in [0.25, 0.3) is 0 Å². The third-order valence-corrected chi connectivity index (χ3v) is 6.60. The lowest BCUT2D eigenvalue weighted by atomic mass is 10.2. The van der Waals surface area contributed by atoms with E-state index < -0.39 is 9.84 Å². The molecule has 2 rings (SSSR count). The van der Waals surface area contributed by atoms with Crippen molar-refractivity contribution in [3.8, 4) is 0 Å². The van der Waals surface area contributed by atoms with Crippen LogP contribution in [-0.4, -0.2) is 25.2 Å². The molecule has 0 radical (unpaired) electrons. The Kier molecular flexibility index (Phi) is 3.92. The van der Waals surface area contributed by atoms with Gasteiger partial charge in [0.05, 0.1) is 5.25 Å². The van der Waals surface area contributed by atoms with Crippen molar-refractivity contribution in [1.29, 1.82) is 0 Å². The molecule has 1 saturated carbocycles. The second kappa shape index (κ2) is 5.13. The average Bonchev–Trinajstić information content (AvgIpc) is 2.86. The second-order valence-corrected chi connectivity index (χ2v) is 8.71. The smallest absolute Gasteiger partial charge is 0.178 e. The topological polar surface area (TPSA) is 51.2 Å². The van der Waals surface area contributed by atoms with Crippen LogP contribution >= 0.6 is 11.3 Å². The van der Waals surface area contributed by atoms with Gasteiger partial charge < -0.3 is 0 Å². The predicted molar refractivity (Wildman–Crippen MR) is 74.2 cm³/mol. The number of carbonyl (C=O) groups excluding carboxylic acids is 1. The lowest BCUT2D eigenvalue weighted by Gasteiger charge is -2.09. The zero-order valence-electron chi connectivity index (χ0n) is 10.7. The number of sulfone groups is 1. The van der Waals surface area contributed by atoms with Crippen LogP contribution in [0.15, 0.2) is 6.07 Å². The maximum absolute atomic E-state index is 12.1. The summed E-state index contributed by atoms with van der Waals surface area (Å²) in [5.41, 5.74) is 0.582. The Hall–Kier alpha value is -0.680. The van der Waals surface area contributed by atoms with Crippen molar-refractivity contribution in [1.82, 2.24) is 0 Å². The van der Waals surface area contributed by atoms with Gasteiger partial charge in [-0.3, -0.25) is 4.79 Å². The minimum absolute atomic E-state index is 0.247. The molecule has 1 aliphatic carbocycles. The van der Waals surface area contributed by atoms with Crippen LogP contribution in [0.4, 0.5) is 0 Å². The highest BCUT2D eigenvalue weighted by Gasteiger charge is 2.31. The normalized spacial score (nSPS) is 17.2. The van der Waals surface area contributed by atoms with Crippen LogP contribution in [0, 0.1) is 13.8 Å². The van der Waals surface area contributed by atoms with Crippen LogP contribution in [0.1, 0.15) is 45.8 Å². The summed E-state index contributed by atoms with van der Waals surface area (Å²) in [6, 6.07) is 1.80. The van der Waals surface area contributed by atoms with Crippen LogP contribution in [0.2, 0.25) is 0 Å². The summed E-state index contributed by atoms with van der Waals surface area (Å²) >= 11 is 1.54. The van der Waals surface area contributed by atoms with Gasteiger partial charge in [0, 0.05) is 15.3 Å². The fourth-order valence-electron chi connectivity index (χ4n) is 2.53. The van der Waals surface area contributed by atoms with E-state index in [1.54, 1.807) is 17.4 Å². The summed E-state index contributed by atoms with van der Waals surface area (Å²) in [4.78, 5) is 14.0. The quantitative estimate of drug-likeness (QED) is 0.800. The summed E-state index contributed by atoms with van der Waals surface area (Å²) in [5.74, 6) is -0.571. The SMILES string of the molecule is Cc1cc(C(=O)CS(=O)(=O)C2CCCC2)c(C)s1. The van der Waals surface area contributed by atoms with Crippen LogP contribution in [-0.2, 0) is 9.84 Å². The Labute approximate surface area is 112 Å². The summed E-state index contributed by atoms with van der Waals surface area (Å²) in [6.45, 7) is 3.80. The third-order valence-electron chi connectivity index (χ3n) is 3.48. The lowest BCUT2D eigenvalue weighted by Crippen LogP contribution is -2.26. The fraction of sp³-hybridized carbons (Fsp3) is 0.615. The molecule has 1 aromatic rings. The van der Waals surface area contributed by atoms with Crippen LogP contribution in [0.25, 0.3) is 0 Å². The Morgan fingerprint density at radius 3 is 2.44 bits per heavy atom. The molecule has 0 aromatic carbocycles. The van der Waals surface area contributed by atoms with Gasteiger partial charge in [0.2, 0.25) is 0 Å². The zero-order chi connectivity index (χ0) is 13.3. The van der Waals surface area contributed by atoms with Gasteiger partial charge in [-0.05, 0) is 32.8 Å². The molecule has 3 nitrogen and oxygen atoms in total. The van der Waals surface area contributed by atoms with E-state index in [9.17, 15) is 13.2 Å². The van der Waals surface area contributed by atoms with Crippen LogP contribution in [0.3, 0.4) is 0 Å². The van der Waals surface area contributed by atoms with Gasteiger partial charge in [0.15, 0.2) is 15.6 Å². The zero-order valence-corrected chi connectivity index (χ0v) is 12.4. The predicted octanol–water partition coefficient (Wildman–Crippen LogP) is 2.91. The van der Waals surface area contributed by atoms with E-state index in [-0.39, 0.29) is 16.8 Å². The molecule has 0 N–H and O–H groups in total. The highest BCUT2D eigenvalue weighted by atomic mass is 32.2. The molecule has 1 aliphatic rings. The molecule has 1 fully saturated rings. The Morgan fingerprint density at radius 2 is 1.94 bits per heavy atom. The number of rotatable bonds is 4. The van der Waals surface area contributed by atoms with E-state index in [4.69, 9.17) is 0 Å². The highest BCUT2D eigenvalue weighted by molar-refractivity contribution is 7.92. The number of hydrogen-bond acceptors (Lipinski definition) is 4. The van der Waals surface area contributed by atoms with E-state index in [2.05, 4.69) is 0 Å².